The smallest absolute Gasteiger partial charge is 0.311 e. The monoisotopic (exact) mass is 1310 g/mol. The summed E-state index contributed by atoms with van der Waals surface area (Å²) in [6.45, 7) is 8.58. The summed E-state index contributed by atoms with van der Waals surface area (Å²) in [6.07, 6.45) is 23.9. The molecule has 0 saturated heterocycles. The Balaban J connectivity index is 1.19. The molecule has 4 aromatic carbocycles. The summed E-state index contributed by atoms with van der Waals surface area (Å²) in [6, 6.07) is 38.2. The van der Waals surface area contributed by atoms with Crippen LogP contribution < -0.4 is 18.9 Å². The van der Waals surface area contributed by atoms with E-state index in [0.29, 0.717) is 71.5 Å². The molecule has 0 aliphatic carbocycles. The van der Waals surface area contributed by atoms with E-state index in [1.807, 2.05) is 140 Å². The fourth-order valence-corrected chi connectivity index (χ4v) is 12.6. The molecular weight excluding hydrogens is 1230 g/mol. The lowest BCUT2D eigenvalue weighted by Crippen LogP contribution is -2.11. The number of carbonyl (C=O) groups excluding carboxylic acids is 4. The van der Waals surface area contributed by atoms with Crippen molar-refractivity contribution in [2.75, 3.05) is 0 Å². The van der Waals surface area contributed by atoms with Gasteiger partial charge in [-0.3, -0.25) is 19.2 Å². The number of ether oxygens (including phenoxy) is 4. The first-order valence-corrected chi connectivity index (χ1v) is 34.9. The second-order valence-corrected chi connectivity index (χ2v) is 26.8. The first-order valence-electron chi connectivity index (χ1n) is 32.8. The number of aromatic nitrogens is 4. The lowest BCUT2D eigenvalue weighted by Gasteiger charge is -2.11. The van der Waals surface area contributed by atoms with E-state index in [4.69, 9.17) is 79.4 Å². The number of rotatable bonds is 32. The van der Waals surface area contributed by atoms with E-state index >= 15 is 0 Å². The van der Waals surface area contributed by atoms with Gasteiger partial charge in [-0.15, -0.1) is 0 Å². The number of hydrogen-bond donors (Lipinski definition) is 6. The highest BCUT2D eigenvalue weighted by Crippen LogP contribution is 2.41. The van der Waals surface area contributed by atoms with Gasteiger partial charge in [0.25, 0.3) is 0 Å². The number of esters is 4. The number of nitrogens with zero attached hydrogens (tertiary/aromatic N) is 2. The Hall–Kier alpha value is -7.24. The van der Waals surface area contributed by atoms with E-state index in [0.717, 1.165) is 144 Å². The average Bonchev–Trinajstić information content (AvgIpc) is 1.61. The van der Waals surface area contributed by atoms with E-state index in [9.17, 15) is 19.2 Å². The molecule has 92 heavy (non-hydrogen) atoms. The molecule has 8 bridgehead atoms. The first-order chi connectivity index (χ1) is 44.7. The van der Waals surface area contributed by atoms with Gasteiger partial charge in [0.1, 0.15) is 23.0 Å². The van der Waals surface area contributed by atoms with E-state index in [1.54, 1.807) is 0 Å². The van der Waals surface area contributed by atoms with Gasteiger partial charge in [0, 0.05) is 85.5 Å². The molecular formula is C76H86N4O8S4. The molecule has 4 atom stereocenters. The van der Waals surface area contributed by atoms with E-state index in [-0.39, 0.29) is 70.6 Å². The molecule has 0 spiro atoms. The fourth-order valence-electron chi connectivity index (χ4n) is 11.3. The van der Waals surface area contributed by atoms with Crippen molar-refractivity contribution >= 4 is 121 Å². The minimum absolute atomic E-state index is 0.118. The minimum Gasteiger partial charge on any atom is -0.427 e. The zero-order chi connectivity index (χ0) is 64.9. The third-order valence-electron chi connectivity index (χ3n) is 16.5. The third-order valence-corrected chi connectivity index (χ3v) is 18.6. The molecule has 5 heterocycles. The third kappa shape index (κ3) is 19.7. The SMILES string of the molecule is CCCCC(S)CCC(=O)Oc1ccc(-c2c3nc(cc4cc(-c5ccc(OC(=O)CCC(S)CCCC)cc5)c([nH]4)c(-c4ccc(OC(=O)CCC(S)CCCC)cc4)c4nc(c(-c5ccc(OC(=O)CCC(S)CCCC)cc5)c5ccc2[nH]5)C=C4)C=C3)cc1. The van der Waals surface area contributed by atoms with Gasteiger partial charge in [0.2, 0.25) is 0 Å². The number of aromatic amines is 2. The molecule has 0 amide bonds. The summed E-state index contributed by atoms with van der Waals surface area (Å²) in [5.74, 6) is 0.459. The number of carbonyl (C=O) groups is 4. The largest absolute Gasteiger partial charge is 0.427 e. The van der Waals surface area contributed by atoms with Gasteiger partial charge >= 0.3 is 23.9 Å². The highest BCUT2D eigenvalue weighted by Gasteiger charge is 2.22. The Bertz CT molecular complexity index is 3880. The van der Waals surface area contributed by atoms with Crippen molar-refractivity contribution < 1.29 is 38.1 Å². The lowest BCUT2D eigenvalue weighted by molar-refractivity contribution is -0.135. The van der Waals surface area contributed by atoms with Gasteiger partial charge in [-0.05, 0) is 171 Å². The van der Waals surface area contributed by atoms with Crippen molar-refractivity contribution in [2.45, 2.75) is 177 Å². The number of fused-ring (bicyclic) bond motifs is 8. The predicted molar refractivity (Wildman–Crippen MR) is 389 cm³/mol. The molecule has 0 radical (unpaired) electrons. The number of thiol groups is 4. The molecule has 9 rings (SSSR count). The number of hydrogen-bond acceptors (Lipinski definition) is 14. The van der Waals surface area contributed by atoms with Crippen molar-refractivity contribution in [3.05, 3.63) is 144 Å². The molecule has 4 unspecified atom stereocenters. The molecule has 2 aliphatic heterocycles. The summed E-state index contributed by atoms with van der Waals surface area (Å²) < 4.78 is 23.5. The predicted octanol–water partition coefficient (Wildman–Crippen LogP) is 20.0. The average molecular weight is 1310 g/mol. The lowest BCUT2D eigenvalue weighted by atomic mass is 9.98. The van der Waals surface area contributed by atoms with Crippen molar-refractivity contribution in [3.63, 3.8) is 0 Å². The second kappa shape index (κ2) is 34.6. The molecule has 2 aliphatic rings. The Kier molecular flexibility index (Phi) is 26.0. The van der Waals surface area contributed by atoms with Gasteiger partial charge in [0.15, 0.2) is 0 Å². The van der Waals surface area contributed by atoms with Crippen LogP contribution >= 0.6 is 50.5 Å². The van der Waals surface area contributed by atoms with Crippen LogP contribution in [0.15, 0.2) is 121 Å². The first kappa shape index (κ1) is 69.1. The number of unbranched alkanes of at least 4 members (excludes halogenated alkanes) is 4. The summed E-state index contributed by atoms with van der Waals surface area (Å²) in [7, 11) is 0. The van der Waals surface area contributed by atoms with E-state index in [1.165, 1.54) is 0 Å². The second-order valence-electron chi connectivity index (χ2n) is 23.9. The number of benzene rings is 4. The van der Waals surface area contributed by atoms with Crippen LogP contribution in [-0.2, 0) is 19.2 Å². The number of H-pyrrole nitrogens is 2. The van der Waals surface area contributed by atoms with Gasteiger partial charge in [-0.1, -0.05) is 128 Å². The Morgan fingerprint density at radius 1 is 0.380 bits per heavy atom. The molecule has 16 heteroatoms. The zero-order valence-electron chi connectivity index (χ0n) is 53.3. The maximum Gasteiger partial charge on any atom is 0.311 e. The molecule has 12 nitrogen and oxygen atoms in total. The Morgan fingerprint density at radius 3 is 1.08 bits per heavy atom. The van der Waals surface area contributed by atoms with Crippen molar-refractivity contribution in [1.29, 1.82) is 0 Å². The summed E-state index contributed by atoms with van der Waals surface area (Å²) in [5, 5.41) is 0.502. The van der Waals surface area contributed by atoms with E-state index in [2.05, 4.69) is 43.7 Å². The molecule has 0 fully saturated rings. The molecule has 2 N–H and O–H groups in total. The molecule has 7 aromatic rings. The highest BCUT2D eigenvalue weighted by molar-refractivity contribution is 7.81. The van der Waals surface area contributed by atoms with E-state index < -0.39 is 0 Å². The van der Waals surface area contributed by atoms with Crippen LogP contribution in [0.3, 0.4) is 0 Å². The minimum atomic E-state index is -0.320. The van der Waals surface area contributed by atoms with Crippen LogP contribution in [0, 0.1) is 0 Å². The van der Waals surface area contributed by atoms with Crippen LogP contribution in [0.1, 0.15) is 179 Å². The summed E-state index contributed by atoms with van der Waals surface area (Å²) in [5.41, 5.74) is 12.1. The van der Waals surface area contributed by atoms with Crippen LogP contribution in [0.25, 0.3) is 90.9 Å². The normalized spacial score (nSPS) is 13.1. The maximum absolute atomic E-state index is 13.2. The highest BCUT2D eigenvalue weighted by atomic mass is 32.1. The molecule has 0 saturated carbocycles. The summed E-state index contributed by atoms with van der Waals surface area (Å²) >= 11 is 18.9. The number of nitrogens with one attached hydrogen (secondary N) is 2. The van der Waals surface area contributed by atoms with Crippen molar-refractivity contribution in [1.82, 2.24) is 19.9 Å². The van der Waals surface area contributed by atoms with Crippen LogP contribution in [-0.4, -0.2) is 64.8 Å². The van der Waals surface area contributed by atoms with Crippen LogP contribution in [0.2, 0.25) is 0 Å². The van der Waals surface area contributed by atoms with Crippen LogP contribution in [0.4, 0.5) is 0 Å². The van der Waals surface area contributed by atoms with Gasteiger partial charge in [-0.2, -0.15) is 50.5 Å². The Morgan fingerprint density at radius 2 is 0.707 bits per heavy atom. The van der Waals surface area contributed by atoms with Crippen LogP contribution in [0.5, 0.6) is 23.0 Å². The Labute approximate surface area is 563 Å². The van der Waals surface area contributed by atoms with Gasteiger partial charge in [0.05, 0.1) is 28.3 Å². The standard InChI is InChI=1S/C76H86N4O8S4/c1-5-9-13-59(89)34-43-69(81)85-55-26-17-49(18-27-55)63-48-54-47-53-25-38-64(77-53)73(50-19-28-56(29-20-50)86-70(82)44-35-60(90)14-10-6-2)65-39-40-66(79-65)74(51-21-30-57(31-22-51)87-71(83)45-36-61(91)15-11-7-3)67-41-42-68(80-67)75(76(63)78-54)52-23-32-58(33-24-52)88-72(84)46-37-62(92)16-12-8-4/h17-33,38-42,47-48,59-62,78-79,89-92H,5-16,34-37,43-46H2,1-4H3. The fraction of sp³-hybridized carbons (Fsp3) is 0.368. The maximum atomic E-state index is 13.2. The van der Waals surface area contributed by atoms with Gasteiger partial charge < -0.3 is 28.9 Å². The van der Waals surface area contributed by atoms with Crippen molar-refractivity contribution in [2.24, 2.45) is 0 Å². The van der Waals surface area contributed by atoms with Crippen molar-refractivity contribution in [3.8, 4) is 67.5 Å². The zero-order valence-corrected chi connectivity index (χ0v) is 56.8. The summed E-state index contributed by atoms with van der Waals surface area (Å²) in [4.78, 5) is 71.1. The quantitative estimate of drug-likeness (QED) is 0.0136. The topological polar surface area (TPSA) is 163 Å². The molecule has 3 aromatic heterocycles. The van der Waals surface area contributed by atoms with Gasteiger partial charge in [-0.25, -0.2) is 9.97 Å². The molecule has 482 valence electrons.